The van der Waals surface area contributed by atoms with Gasteiger partial charge in [0.1, 0.15) is 11.9 Å². The van der Waals surface area contributed by atoms with Gasteiger partial charge in [0.15, 0.2) is 0 Å². The molecule has 4 nitrogen and oxygen atoms in total. The normalized spacial score (nSPS) is 10.7. The number of carbonyl (C=O) groups is 1. The van der Waals surface area contributed by atoms with Gasteiger partial charge in [0.2, 0.25) is 11.5 Å². The third-order valence-corrected chi connectivity index (χ3v) is 2.50. The number of hydrogen-bond acceptors (Lipinski definition) is 4. The maximum atomic E-state index is 12.7. The van der Waals surface area contributed by atoms with E-state index >= 15 is 0 Å². The van der Waals surface area contributed by atoms with Gasteiger partial charge in [-0.25, -0.2) is 4.39 Å². The van der Waals surface area contributed by atoms with E-state index in [2.05, 4.69) is 10.5 Å². The van der Waals surface area contributed by atoms with E-state index in [1.807, 2.05) is 0 Å². The van der Waals surface area contributed by atoms with Gasteiger partial charge in [0, 0.05) is 5.56 Å². The number of benzene rings is 2. The number of nitrogens with one attached hydrogen (secondary N) is 1. The van der Waals surface area contributed by atoms with Crippen molar-refractivity contribution >= 4 is 17.2 Å². The molecule has 2 rings (SSSR count). The van der Waals surface area contributed by atoms with Crippen LogP contribution in [0.1, 0.15) is 10.4 Å². The van der Waals surface area contributed by atoms with E-state index in [4.69, 9.17) is 5.26 Å². The molecule has 0 saturated heterocycles. The monoisotopic (exact) mass is 267 g/mol. The maximum absolute atomic E-state index is 12.7. The molecule has 0 spiro atoms. The van der Waals surface area contributed by atoms with E-state index in [1.54, 1.807) is 36.4 Å². The molecule has 0 heterocycles. The summed E-state index contributed by atoms with van der Waals surface area (Å²) in [6.07, 6.45) is 0. The first-order chi connectivity index (χ1) is 9.70. The van der Waals surface area contributed by atoms with Crippen LogP contribution in [0.25, 0.3) is 0 Å². The Hall–Kier alpha value is -3.00. The molecule has 20 heavy (non-hydrogen) atoms. The predicted molar refractivity (Wildman–Crippen MR) is 73.8 cm³/mol. The average Bonchev–Trinajstić information content (AvgIpc) is 2.50. The van der Waals surface area contributed by atoms with E-state index < -0.39 is 5.78 Å². The lowest BCUT2D eigenvalue weighted by Crippen LogP contribution is -2.14. The van der Waals surface area contributed by atoms with Crippen molar-refractivity contribution in [2.24, 2.45) is 5.10 Å². The van der Waals surface area contributed by atoms with Crippen LogP contribution in [0.5, 0.6) is 0 Å². The molecule has 0 aliphatic carbocycles. The zero-order valence-corrected chi connectivity index (χ0v) is 10.4. The van der Waals surface area contributed by atoms with Crippen molar-refractivity contribution in [3.8, 4) is 6.07 Å². The van der Waals surface area contributed by atoms with E-state index in [1.165, 1.54) is 24.3 Å². The molecule has 0 aliphatic rings. The van der Waals surface area contributed by atoms with Gasteiger partial charge in [-0.2, -0.15) is 10.4 Å². The highest BCUT2D eigenvalue weighted by Crippen LogP contribution is 2.08. The van der Waals surface area contributed by atoms with Crippen molar-refractivity contribution in [1.29, 1.82) is 5.26 Å². The Morgan fingerprint density at radius 1 is 1.10 bits per heavy atom. The Morgan fingerprint density at radius 3 is 2.35 bits per heavy atom. The van der Waals surface area contributed by atoms with E-state index in [0.29, 0.717) is 11.3 Å². The second kappa shape index (κ2) is 6.25. The number of carbonyl (C=O) groups excluding carboxylic acids is 1. The fraction of sp³-hybridized carbons (Fsp3) is 0. The molecule has 0 aromatic heterocycles. The number of hydrazone groups is 1. The topological polar surface area (TPSA) is 65.2 Å². The molecule has 0 atom stereocenters. The van der Waals surface area contributed by atoms with Crippen LogP contribution in [0.3, 0.4) is 0 Å². The molecule has 0 radical (unpaired) electrons. The number of nitriles is 1. The number of ketones is 1. The minimum absolute atomic E-state index is 0.263. The first-order valence-corrected chi connectivity index (χ1v) is 5.80. The molecule has 2 aromatic carbocycles. The van der Waals surface area contributed by atoms with Gasteiger partial charge in [-0.3, -0.25) is 10.2 Å². The Bertz CT molecular complexity index is 673. The highest BCUT2D eigenvalue weighted by atomic mass is 19.1. The van der Waals surface area contributed by atoms with Gasteiger partial charge in [0.05, 0.1) is 5.69 Å². The van der Waals surface area contributed by atoms with Crippen molar-refractivity contribution in [3.63, 3.8) is 0 Å². The minimum Gasteiger partial charge on any atom is -0.286 e. The van der Waals surface area contributed by atoms with Gasteiger partial charge in [-0.05, 0) is 24.3 Å². The number of anilines is 1. The quantitative estimate of drug-likeness (QED) is 0.526. The average molecular weight is 267 g/mol. The maximum Gasteiger partial charge on any atom is 0.223 e. The lowest BCUT2D eigenvalue weighted by molar-refractivity contribution is 0.106. The van der Waals surface area contributed by atoms with Gasteiger partial charge in [-0.15, -0.1) is 0 Å². The lowest BCUT2D eigenvalue weighted by Gasteiger charge is -2.01. The summed E-state index contributed by atoms with van der Waals surface area (Å²) in [5.41, 5.74) is 3.16. The van der Waals surface area contributed by atoms with Gasteiger partial charge in [0.25, 0.3) is 0 Å². The Balaban J connectivity index is 2.16. The molecule has 0 unspecified atom stereocenters. The van der Waals surface area contributed by atoms with Crippen LogP contribution in [-0.4, -0.2) is 11.5 Å². The summed E-state index contributed by atoms with van der Waals surface area (Å²) in [4.78, 5) is 12.0. The van der Waals surface area contributed by atoms with Gasteiger partial charge < -0.3 is 0 Å². The highest BCUT2D eigenvalue weighted by molar-refractivity contribution is 6.51. The molecular weight excluding hydrogens is 257 g/mol. The Kier molecular flexibility index (Phi) is 4.20. The van der Waals surface area contributed by atoms with Crippen LogP contribution in [0.2, 0.25) is 0 Å². The molecule has 0 fully saturated rings. The first kappa shape index (κ1) is 13.4. The molecule has 0 aliphatic heterocycles. The summed E-state index contributed by atoms with van der Waals surface area (Å²) in [5.74, 6) is -0.844. The van der Waals surface area contributed by atoms with Gasteiger partial charge in [-0.1, -0.05) is 30.3 Å². The molecule has 1 N–H and O–H groups in total. The number of Topliss-reactive ketones (excluding diaryl/α,β-unsaturated/α-hetero) is 1. The van der Waals surface area contributed by atoms with Crippen molar-refractivity contribution in [3.05, 3.63) is 66.0 Å². The Morgan fingerprint density at radius 2 is 1.75 bits per heavy atom. The van der Waals surface area contributed by atoms with Crippen molar-refractivity contribution < 1.29 is 9.18 Å². The van der Waals surface area contributed by atoms with E-state index in [-0.39, 0.29) is 11.5 Å². The SMILES string of the molecule is N#CC(=NNc1ccc(F)cc1)C(=O)c1ccccc1. The predicted octanol–water partition coefficient (Wildman–Crippen LogP) is 3.00. The summed E-state index contributed by atoms with van der Waals surface area (Å²) in [5, 5.41) is 12.7. The zero-order chi connectivity index (χ0) is 14.4. The minimum atomic E-state index is -0.470. The summed E-state index contributed by atoms with van der Waals surface area (Å²) in [6.45, 7) is 0. The number of halogens is 1. The molecule has 0 bridgehead atoms. The second-order valence-corrected chi connectivity index (χ2v) is 3.89. The molecule has 98 valence electrons. The van der Waals surface area contributed by atoms with Crippen molar-refractivity contribution in [2.45, 2.75) is 0 Å². The van der Waals surface area contributed by atoms with Crippen LogP contribution < -0.4 is 5.43 Å². The molecular formula is C15H10FN3O. The van der Waals surface area contributed by atoms with Crippen molar-refractivity contribution in [1.82, 2.24) is 0 Å². The fourth-order valence-corrected chi connectivity index (χ4v) is 1.50. The molecule has 5 heteroatoms. The van der Waals surface area contributed by atoms with Crippen LogP contribution in [0, 0.1) is 17.1 Å². The number of nitrogens with zero attached hydrogens (tertiary/aromatic N) is 2. The number of hydrogen-bond donors (Lipinski definition) is 1. The lowest BCUT2D eigenvalue weighted by atomic mass is 10.1. The van der Waals surface area contributed by atoms with Crippen LogP contribution in [0.15, 0.2) is 59.7 Å². The summed E-state index contributed by atoms with van der Waals surface area (Å²) in [6, 6.07) is 15.6. The number of rotatable bonds is 4. The standard InChI is InChI=1S/C15H10FN3O/c16-12-6-8-13(9-7-12)18-19-14(10-17)15(20)11-4-2-1-3-5-11/h1-9,18H. The molecule has 0 amide bonds. The van der Waals surface area contributed by atoms with E-state index in [9.17, 15) is 9.18 Å². The summed E-state index contributed by atoms with van der Waals surface area (Å²) >= 11 is 0. The Labute approximate surface area is 115 Å². The van der Waals surface area contributed by atoms with Crippen LogP contribution in [0.4, 0.5) is 10.1 Å². The second-order valence-electron chi connectivity index (χ2n) is 3.89. The first-order valence-electron chi connectivity index (χ1n) is 5.80. The zero-order valence-electron chi connectivity index (χ0n) is 10.4. The summed E-state index contributed by atoms with van der Waals surface area (Å²) in [7, 11) is 0. The summed E-state index contributed by atoms with van der Waals surface area (Å²) < 4.78 is 12.7. The third-order valence-electron chi connectivity index (χ3n) is 2.50. The third kappa shape index (κ3) is 3.27. The van der Waals surface area contributed by atoms with Crippen LogP contribution >= 0.6 is 0 Å². The highest BCUT2D eigenvalue weighted by Gasteiger charge is 2.13. The largest absolute Gasteiger partial charge is 0.286 e. The van der Waals surface area contributed by atoms with Crippen LogP contribution in [-0.2, 0) is 0 Å². The van der Waals surface area contributed by atoms with Crippen molar-refractivity contribution in [2.75, 3.05) is 5.43 Å². The smallest absolute Gasteiger partial charge is 0.223 e. The molecule has 0 saturated carbocycles. The molecule has 2 aromatic rings. The van der Waals surface area contributed by atoms with Gasteiger partial charge >= 0.3 is 0 Å². The fourth-order valence-electron chi connectivity index (χ4n) is 1.50. The van der Waals surface area contributed by atoms with E-state index in [0.717, 1.165) is 0 Å².